The summed E-state index contributed by atoms with van der Waals surface area (Å²) < 4.78 is 12.8. The molecule has 1 N–H and O–H groups in total. The Morgan fingerprint density at radius 3 is 3.08 bits per heavy atom. The van der Waals surface area contributed by atoms with Crippen LogP contribution in [-0.4, -0.2) is 24.2 Å². The molecule has 2 aromatic rings. The first-order valence-electron chi connectivity index (χ1n) is 8.87. The van der Waals surface area contributed by atoms with Gasteiger partial charge in [0.05, 0.1) is 35.5 Å². The Morgan fingerprint density at radius 1 is 1.44 bits per heavy atom. The Labute approximate surface area is 157 Å². The molecule has 0 saturated carbocycles. The van der Waals surface area contributed by atoms with Gasteiger partial charge in [-0.1, -0.05) is 11.6 Å². The van der Waals surface area contributed by atoms with Gasteiger partial charge in [0.15, 0.2) is 0 Å². The van der Waals surface area contributed by atoms with E-state index in [1.807, 2.05) is 19.2 Å². The SMILES string of the molecule is CCOc1ccc(C2CC3(CC(C)N2)OCCc2cc(Cl)sc23)nc1. The number of piperidine rings is 1. The van der Waals surface area contributed by atoms with Crippen LogP contribution < -0.4 is 10.1 Å². The maximum absolute atomic E-state index is 6.39. The van der Waals surface area contributed by atoms with E-state index in [9.17, 15) is 0 Å². The molecule has 1 spiro atoms. The fourth-order valence-electron chi connectivity index (χ4n) is 4.10. The number of aromatic nitrogens is 1. The third kappa shape index (κ3) is 3.31. The van der Waals surface area contributed by atoms with Gasteiger partial charge in [-0.2, -0.15) is 0 Å². The Bertz CT molecular complexity index is 748. The summed E-state index contributed by atoms with van der Waals surface area (Å²) in [5.41, 5.74) is 2.14. The summed E-state index contributed by atoms with van der Waals surface area (Å²) in [6.45, 7) is 5.61. The topological polar surface area (TPSA) is 43.4 Å². The minimum Gasteiger partial charge on any atom is -0.492 e. The molecular weight excluding hydrogens is 356 g/mol. The maximum atomic E-state index is 6.39. The average molecular weight is 379 g/mol. The molecule has 4 rings (SSSR count). The van der Waals surface area contributed by atoms with Gasteiger partial charge in [-0.05, 0) is 50.5 Å². The van der Waals surface area contributed by atoms with Crippen LogP contribution in [0.4, 0.5) is 0 Å². The van der Waals surface area contributed by atoms with E-state index in [-0.39, 0.29) is 11.6 Å². The van der Waals surface area contributed by atoms with Crippen LogP contribution in [0.25, 0.3) is 0 Å². The maximum Gasteiger partial charge on any atom is 0.137 e. The van der Waals surface area contributed by atoms with Crippen molar-refractivity contribution in [3.05, 3.63) is 44.9 Å². The molecule has 134 valence electrons. The van der Waals surface area contributed by atoms with Crippen LogP contribution in [0.2, 0.25) is 4.34 Å². The van der Waals surface area contributed by atoms with Crippen LogP contribution >= 0.6 is 22.9 Å². The zero-order valence-electron chi connectivity index (χ0n) is 14.5. The zero-order chi connectivity index (χ0) is 17.4. The van der Waals surface area contributed by atoms with Crippen molar-refractivity contribution < 1.29 is 9.47 Å². The molecule has 0 bridgehead atoms. The first-order valence-corrected chi connectivity index (χ1v) is 10.1. The van der Waals surface area contributed by atoms with Crippen molar-refractivity contribution in [2.24, 2.45) is 0 Å². The van der Waals surface area contributed by atoms with E-state index >= 15 is 0 Å². The van der Waals surface area contributed by atoms with Crippen LogP contribution in [0.3, 0.4) is 0 Å². The highest BCUT2D eigenvalue weighted by molar-refractivity contribution is 7.16. The molecule has 3 unspecified atom stereocenters. The molecule has 6 heteroatoms. The van der Waals surface area contributed by atoms with Crippen molar-refractivity contribution in [1.82, 2.24) is 10.3 Å². The van der Waals surface area contributed by atoms with E-state index < -0.39 is 0 Å². The monoisotopic (exact) mass is 378 g/mol. The lowest BCUT2D eigenvalue weighted by Gasteiger charge is -2.46. The minimum absolute atomic E-state index is 0.159. The van der Waals surface area contributed by atoms with Crippen molar-refractivity contribution in [2.75, 3.05) is 13.2 Å². The number of nitrogens with zero attached hydrogens (tertiary/aromatic N) is 1. The van der Waals surface area contributed by atoms with Gasteiger partial charge in [-0.15, -0.1) is 11.3 Å². The number of nitrogens with one attached hydrogen (secondary N) is 1. The highest BCUT2D eigenvalue weighted by Crippen LogP contribution is 2.49. The number of pyridine rings is 1. The molecule has 4 nitrogen and oxygen atoms in total. The van der Waals surface area contributed by atoms with Crippen molar-refractivity contribution in [3.8, 4) is 5.75 Å². The first-order chi connectivity index (χ1) is 12.1. The third-order valence-electron chi connectivity index (χ3n) is 5.03. The van der Waals surface area contributed by atoms with E-state index in [0.29, 0.717) is 12.6 Å². The van der Waals surface area contributed by atoms with E-state index in [0.717, 1.165) is 41.6 Å². The summed E-state index contributed by atoms with van der Waals surface area (Å²) >= 11 is 7.99. The number of halogens is 1. The lowest BCUT2D eigenvalue weighted by molar-refractivity contribution is -0.0957. The number of hydrogen-bond acceptors (Lipinski definition) is 5. The molecule has 0 aromatic carbocycles. The normalized spacial score (nSPS) is 28.8. The molecule has 2 aromatic heterocycles. The zero-order valence-corrected chi connectivity index (χ0v) is 16.1. The predicted molar refractivity (Wildman–Crippen MR) is 101 cm³/mol. The highest BCUT2D eigenvalue weighted by Gasteiger charge is 2.46. The van der Waals surface area contributed by atoms with Gasteiger partial charge >= 0.3 is 0 Å². The standard InChI is InChI=1S/C19H23ClN2O2S/c1-3-23-14-4-5-15(21-11-14)16-10-19(9-12(2)22-16)18-13(6-7-24-19)8-17(20)25-18/h4-5,8,11-12,16,22H,3,6-7,9-10H2,1-2H3. The second-order valence-corrected chi connectivity index (χ2v) is 8.56. The Hall–Kier alpha value is -1.14. The van der Waals surface area contributed by atoms with Crippen molar-refractivity contribution >= 4 is 22.9 Å². The first kappa shape index (κ1) is 17.3. The molecule has 0 aliphatic carbocycles. The van der Waals surface area contributed by atoms with Gasteiger partial charge in [0.1, 0.15) is 11.4 Å². The smallest absolute Gasteiger partial charge is 0.137 e. The average Bonchev–Trinajstić information content (AvgIpc) is 2.97. The molecular formula is C19H23ClN2O2S. The third-order valence-corrected chi connectivity index (χ3v) is 6.52. The summed E-state index contributed by atoms with van der Waals surface area (Å²) in [5, 5.41) is 3.68. The summed E-state index contributed by atoms with van der Waals surface area (Å²) in [6, 6.07) is 6.67. The number of rotatable bonds is 3. The Morgan fingerprint density at radius 2 is 2.32 bits per heavy atom. The van der Waals surface area contributed by atoms with Gasteiger partial charge < -0.3 is 14.8 Å². The number of thiophene rings is 1. The van der Waals surface area contributed by atoms with Gasteiger partial charge in [0.2, 0.25) is 0 Å². The van der Waals surface area contributed by atoms with Crippen molar-refractivity contribution in [3.63, 3.8) is 0 Å². The Balaban J connectivity index is 1.64. The molecule has 25 heavy (non-hydrogen) atoms. The quantitative estimate of drug-likeness (QED) is 0.855. The molecule has 2 aliphatic rings. The number of ether oxygens (including phenoxy) is 2. The fraction of sp³-hybridized carbons (Fsp3) is 0.526. The second-order valence-electron chi connectivity index (χ2n) is 6.88. The van der Waals surface area contributed by atoms with Crippen LogP contribution in [0.1, 0.15) is 48.9 Å². The molecule has 0 radical (unpaired) electrons. The summed E-state index contributed by atoms with van der Waals surface area (Å²) in [4.78, 5) is 5.94. The number of fused-ring (bicyclic) bond motifs is 2. The van der Waals surface area contributed by atoms with Crippen LogP contribution in [-0.2, 0) is 16.8 Å². The minimum atomic E-state index is -0.249. The summed E-state index contributed by atoms with van der Waals surface area (Å²) in [5.74, 6) is 0.811. The highest BCUT2D eigenvalue weighted by atomic mass is 35.5. The predicted octanol–water partition coefficient (Wildman–Crippen LogP) is 4.48. The van der Waals surface area contributed by atoms with Gasteiger partial charge in [0.25, 0.3) is 0 Å². The van der Waals surface area contributed by atoms with Gasteiger partial charge in [-0.3, -0.25) is 4.98 Å². The largest absolute Gasteiger partial charge is 0.492 e. The Kier molecular flexibility index (Phi) is 4.75. The van der Waals surface area contributed by atoms with E-state index in [4.69, 9.17) is 21.1 Å². The van der Waals surface area contributed by atoms with Crippen LogP contribution in [0, 0.1) is 0 Å². The van der Waals surface area contributed by atoms with Crippen LogP contribution in [0.5, 0.6) is 5.75 Å². The van der Waals surface area contributed by atoms with E-state index in [1.54, 1.807) is 11.3 Å². The molecule has 1 saturated heterocycles. The van der Waals surface area contributed by atoms with Gasteiger partial charge in [0, 0.05) is 17.3 Å². The lowest BCUT2D eigenvalue weighted by Crippen LogP contribution is -2.49. The second kappa shape index (κ2) is 6.88. The van der Waals surface area contributed by atoms with E-state index in [2.05, 4.69) is 29.4 Å². The van der Waals surface area contributed by atoms with Gasteiger partial charge in [-0.25, -0.2) is 0 Å². The molecule has 3 atom stereocenters. The van der Waals surface area contributed by atoms with E-state index in [1.165, 1.54) is 10.4 Å². The molecule has 1 fully saturated rings. The van der Waals surface area contributed by atoms with Crippen LogP contribution in [0.15, 0.2) is 24.4 Å². The van der Waals surface area contributed by atoms with Crippen molar-refractivity contribution in [1.29, 1.82) is 0 Å². The molecule has 2 aliphatic heterocycles. The number of hydrogen-bond donors (Lipinski definition) is 1. The van der Waals surface area contributed by atoms with Crippen molar-refractivity contribution in [2.45, 2.75) is 50.8 Å². The summed E-state index contributed by atoms with van der Waals surface area (Å²) in [6.07, 6.45) is 4.60. The molecule has 4 heterocycles. The molecule has 0 amide bonds. The fourth-order valence-corrected chi connectivity index (χ4v) is 5.56. The lowest BCUT2D eigenvalue weighted by atomic mass is 9.79. The summed E-state index contributed by atoms with van der Waals surface area (Å²) in [7, 11) is 0.